The molecular weight excluding hydrogens is 516 g/mol. The van der Waals surface area contributed by atoms with Gasteiger partial charge < -0.3 is 27.4 Å². The van der Waals surface area contributed by atoms with Gasteiger partial charge in [-0.05, 0) is 51.9 Å². The first-order valence-electron chi connectivity index (χ1n) is 13.7. The van der Waals surface area contributed by atoms with Crippen LogP contribution in [0.5, 0.6) is 0 Å². The summed E-state index contributed by atoms with van der Waals surface area (Å²) in [4.78, 5) is 38.7. The van der Waals surface area contributed by atoms with Gasteiger partial charge in [0.05, 0.1) is 0 Å². The highest BCUT2D eigenvalue weighted by atomic mass is 16.2. The Bertz CT molecular complexity index is 1550. The molecule has 2 atom stereocenters. The average molecular weight is 553 g/mol. The number of nitrogens with one attached hydrogen (secondary N) is 4. The molecule has 4 aromatic rings. The largest absolute Gasteiger partial charge is 0.370 e. The molecule has 0 spiro atoms. The molecule has 0 bridgehead atoms. The fraction of sp³-hybridized carbons (Fsp3) is 0.250. The minimum atomic E-state index is -0.950. The molecule has 9 heteroatoms. The monoisotopic (exact) mass is 552 g/mol. The van der Waals surface area contributed by atoms with Crippen molar-refractivity contribution in [2.24, 2.45) is 11.5 Å². The maximum atomic E-state index is 13.4. The summed E-state index contributed by atoms with van der Waals surface area (Å²) in [6, 6.07) is 25.9. The molecule has 0 heterocycles. The molecule has 0 radical (unpaired) electrons. The van der Waals surface area contributed by atoms with Crippen LogP contribution in [0.3, 0.4) is 0 Å². The van der Waals surface area contributed by atoms with Crippen LogP contribution in [0, 0.1) is 5.41 Å². The van der Waals surface area contributed by atoms with Crippen LogP contribution in [0.1, 0.15) is 30.4 Å². The lowest BCUT2D eigenvalue weighted by atomic mass is 10.00. The van der Waals surface area contributed by atoms with Gasteiger partial charge in [0, 0.05) is 19.4 Å². The molecule has 4 aromatic carbocycles. The van der Waals surface area contributed by atoms with Crippen molar-refractivity contribution in [2.45, 2.75) is 44.2 Å². The van der Waals surface area contributed by atoms with Crippen molar-refractivity contribution in [2.75, 3.05) is 6.54 Å². The van der Waals surface area contributed by atoms with Crippen LogP contribution in [0.4, 0.5) is 0 Å². The zero-order valence-electron chi connectivity index (χ0n) is 22.9. The summed E-state index contributed by atoms with van der Waals surface area (Å²) in [5, 5.41) is 19.9. The van der Waals surface area contributed by atoms with E-state index in [2.05, 4.69) is 16.0 Å². The Morgan fingerprint density at radius 1 is 0.780 bits per heavy atom. The number of primary amides is 1. The highest BCUT2D eigenvalue weighted by Gasteiger charge is 2.26. The summed E-state index contributed by atoms with van der Waals surface area (Å²) in [6.07, 6.45) is 1.68. The predicted octanol–water partition coefficient (Wildman–Crippen LogP) is 2.89. The van der Waals surface area contributed by atoms with Crippen LogP contribution in [-0.2, 0) is 27.2 Å². The Balaban J connectivity index is 1.42. The highest BCUT2D eigenvalue weighted by Crippen LogP contribution is 2.20. The summed E-state index contributed by atoms with van der Waals surface area (Å²) >= 11 is 0. The van der Waals surface area contributed by atoms with Crippen molar-refractivity contribution in [1.82, 2.24) is 16.0 Å². The molecular formula is C32H36N6O3. The molecule has 0 aliphatic carbocycles. The third-order valence-electron chi connectivity index (χ3n) is 7.05. The van der Waals surface area contributed by atoms with Gasteiger partial charge in [-0.2, -0.15) is 0 Å². The maximum Gasteiger partial charge on any atom is 0.243 e. The number of guanidine groups is 1. The molecule has 9 nitrogen and oxygen atoms in total. The second-order valence-electron chi connectivity index (χ2n) is 10.1. The number of fused-ring (bicyclic) bond motifs is 2. The molecule has 4 rings (SSSR count). The predicted molar refractivity (Wildman–Crippen MR) is 162 cm³/mol. The summed E-state index contributed by atoms with van der Waals surface area (Å²) < 4.78 is 0. The van der Waals surface area contributed by atoms with Crippen LogP contribution in [0.25, 0.3) is 21.5 Å². The summed E-state index contributed by atoms with van der Waals surface area (Å²) in [7, 11) is 0. The van der Waals surface area contributed by atoms with E-state index < -0.39 is 23.9 Å². The van der Waals surface area contributed by atoms with Crippen molar-refractivity contribution in [3.05, 3.63) is 96.1 Å². The minimum absolute atomic E-state index is 0.172. The van der Waals surface area contributed by atoms with Crippen molar-refractivity contribution < 1.29 is 14.4 Å². The number of hydrogen-bond donors (Lipinski definition) is 6. The molecule has 0 aliphatic heterocycles. The fourth-order valence-corrected chi connectivity index (χ4v) is 4.92. The van der Waals surface area contributed by atoms with E-state index in [4.69, 9.17) is 16.9 Å². The van der Waals surface area contributed by atoms with Crippen LogP contribution in [0.15, 0.2) is 84.9 Å². The number of rotatable bonds is 13. The standard InChI is InChI=1S/C32H36N6O3/c33-30(40)28(20-21-14-15-22-7-1-2-9-25(22)19-21)38-31(41)27(13-6-18-36-32(34)35)37-29(39)17-16-24-11-5-10-23-8-3-4-12-26(23)24/h1-5,7-12,14-15,19,27-28H,6,13,16-18,20H2,(H2,33,40)(H,37,39)(H,38,41)(H4,34,35,36)/t27-,28-/m0/s1. The topological polar surface area (TPSA) is 163 Å². The third-order valence-corrected chi connectivity index (χ3v) is 7.05. The SMILES string of the molecule is N=C(N)NCCC[C@H](NC(=O)CCc1cccc2ccccc12)C(=O)N[C@@H](Cc1ccc2ccccc2c1)C(N)=O. The molecule has 0 unspecified atom stereocenters. The van der Waals surface area contributed by atoms with Crippen LogP contribution in [0.2, 0.25) is 0 Å². The third kappa shape index (κ3) is 8.28. The Kier molecular flexibility index (Phi) is 9.88. The van der Waals surface area contributed by atoms with E-state index in [9.17, 15) is 14.4 Å². The lowest BCUT2D eigenvalue weighted by Gasteiger charge is -2.22. The van der Waals surface area contributed by atoms with E-state index in [1.54, 1.807) is 0 Å². The molecule has 0 saturated carbocycles. The summed E-state index contributed by atoms with van der Waals surface area (Å²) in [5.41, 5.74) is 12.9. The second kappa shape index (κ2) is 13.9. The minimum Gasteiger partial charge on any atom is -0.370 e. The van der Waals surface area contributed by atoms with Gasteiger partial charge in [-0.3, -0.25) is 19.8 Å². The van der Waals surface area contributed by atoms with Crippen molar-refractivity contribution >= 4 is 45.2 Å². The maximum absolute atomic E-state index is 13.4. The smallest absolute Gasteiger partial charge is 0.243 e. The number of aryl methyl sites for hydroxylation is 1. The van der Waals surface area contributed by atoms with E-state index in [1.165, 1.54) is 0 Å². The van der Waals surface area contributed by atoms with Gasteiger partial charge in [0.25, 0.3) is 0 Å². The number of amides is 3. The van der Waals surface area contributed by atoms with Crippen LogP contribution in [-0.4, -0.2) is 42.3 Å². The van der Waals surface area contributed by atoms with Crippen LogP contribution >= 0.6 is 0 Å². The highest BCUT2D eigenvalue weighted by molar-refractivity contribution is 5.92. The normalized spacial score (nSPS) is 12.4. The fourth-order valence-electron chi connectivity index (χ4n) is 4.92. The van der Waals surface area contributed by atoms with Gasteiger partial charge in [0.1, 0.15) is 12.1 Å². The first kappa shape index (κ1) is 29.1. The first-order valence-corrected chi connectivity index (χ1v) is 13.7. The van der Waals surface area contributed by atoms with E-state index in [0.717, 1.165) is 32.7 Å². The molecule has 0 saturated heterocycles. The summed E-state index contributed by atoms with van der Waals surface area (Å²) in [6.45, 7) is 0.362. The first-order chi connectivity index (χ1) is 19.8. The number of benzene rings is 4. The van der Waals surface area contributed by atoms with Gasteiger partial charge in [-0.1, -0.05) is 84.9 Å². The molecule has 41 heavy (non-hydrogen) atoms. The van der Waals surface area contributed by atoms with E-state index >= 15 is 0 Å². The van der Waals surface area contributed by atoms with Crippen LogP contribution < -0.4 is 27.4 Å². The van der Waals surface area contributed by atoms with Gasteiger partial charge >= 0.3 is 0 Å². The number of carbonyl (C=O) groups is 3. The van der Waals surface area contributed by atoms with Gasteiger partial charge in [0.2, 0.25) is 17.7 Å². The quantitative estimate of drug-likeness (QED) is 0.0852. The Morgan fingerprint density at radius 3 is 2.24 bits per heavy atom. The average Bonchev–Trinajstić information content (AvgIpc) is 2.97. The zero-order chi connectivity index (χ0) is 29.2. The molecule has 0 aromatic heterocycles. The van der Waals surface area contributed by atoms with Gasteiger partial charge in [-0.25, -0.2) is 0 Å². The van der Waals surface area contributed by atoms with E-state index in [0.29, 0.717) is 19.4 Å². The van der Waals surface area contributed by atoms with Gasteiger partial charge in [-0.15, -0.1) is 0 Å². The Hall–Kier alpha value is -4.92. The Labute approximate surface area is 239 Å². The van der Waals surface area contributed by atoms with Crippen molar-refractivity contribution in [1.29, 1.82) is 5.41 Å². The van der Waals surface area contributed by atoms with E-state index in [1.807, 2.05) is 84.9 Å². The molecule has 3 amide bonds. The number of nitrogens with two attached hydrogens (primary N) is 2. The van der Waals surface area contributed by atoms with Crippen molar-refractivity contribution in [3.63, 3.8) is 0 Å². The molecule has 0 fully saturated rings. The number of hydrogen-bond acceptors (Lipinski definition) is 4. The Morgan fingerprint density at radius 2 is 1.49 bits per heavy atom. The molecule has 212 valence electrons. The van der Waals surface area contributed by atoms with E-state index in [-0.39, 0.29) is 31.1 Å². The van der Waals surface area contributed by atoms with Gasteiger partial charge in [0.15, 0.2) is 5.96 Å². The lowest BCUT2D eigenvalue weighted by molar-refractivity contribution is -0.131. The van der Waals surface area contributed by atoms with Crippen molar-refractivity contribution in [3.8, 4) is 0 Å². The zero-order valence-corrected chi connectivity index (χ0v) is 22.9. The summed E-state index contributed by atoms with van der Waals surface area (Å²) in [5.74, 6) is -1.60. The second-order valence-corrected chi connectivity index (χ2v) is 10.1. The lowest BCUT2D eigenvalue weighted by Crippen LogP contribution is -2.53. The number of carbonyl (C=O) groups excluding carboxylic acids is 3. The molecule has 0 aliphatic rings. The molecule has 8 N–H and O–H groups in total.